The summed E-state index contributed by atoms with van der Waals surface area (Å²) in [7, 11) is 3.59. The molecule has 0 radical (unpaired) electrons. The molecule has 0 fully saturated rings. The summed E-state index contributed by atoms with van der Waals surface area (Å²) in [4.78, 5) is 10.9. The molecule has 0 saturated heterocycles. The molecule has 1 unspecified atom stereocenters. The van der Waals surface area contributed by atoms with Gasteiger partial charge in [-0.15, -0.1) is 0 Å². The van der Waals surface area contributed by atoms with E-state index in [0.717, 1.165) is 0 Å². The predicted molar refractivity (Wildman–Crippen MR) is 39.3 cm³/mol. The Bertz CT molecular complexity index is 136. The first-order valence-electron chi connectivity index (χ1n) is 3.38. The summed E-state index contributed by atoms with van der Waals surface area (Å²) in [6, 6.07) is -0.0162. The molecule has 0 saturated carbocycles. The van der Waals surface area contributed by atoms with Gasteiger partial charge in [-0.1, -0.05) is 0 Å². The summed E-state index contributed by atoms with van der Waals surface area (Å²) in [5, 5.41) is 8.75. The van der Waals surface area contributed by atoms with Gasteiger partial charge in [0.2, 0.25) is 0 Å². The molecule has 0 aliphatic rings. The van der Waals surface area contributed by atoms with Gasteiger partial charge in [0, 0.05) is 0 Å². The molecule has 1 amide bonds. The molecule has 0 aliphatic heterocycles. The Kier molecular flexibility index (Phi) is 6.38. The van der Waals surface area contributed by atoms with Crippen LogP contribution in [0.5, 0.6) is 0 Å². The first-order chi connectivity index (χ1) is 4.42. The Morgan fingerprint density at radius 3 is 2.00 bits per heavy atom. The number of carbonyl (C=O) groups excluding carboxylic acids is 1. The van der Waals surface area contributed by atoms with E-state index in [0.29, 0.717) is 0 Å². The highest BCUT2D eigenvalue weighted by atomic mass is 127. The zero-order chi connectivity index (χ0) is 8.36. The minimum atomic E-state index is -0.0162. The molecule has 0 aliphatic carbocycles. The van der Waals surface area contributed by atoms with Crippen LogP contribution >= 0.6 is 0 Å². The SMILES string of the molecule is CC(=O)[N+](C)(C)C(C)CO.[I-]. The Morgan fingerprint density at radius 1 is 1.55 bits per heavy atom. The lowest BCUT2D eigenvalue weighted by Gasteiger charge is -2.30. The van der Waals surface area contributed by atoms with Gasteiger partial charge in [0.05, 0.1) is 27.6 Å². The van der Waals surface area contributed by atoms with Crippen molar-refractivity contribution in [2.75, 3.05) is 20.7 Å². The second-order valence-electron chi connectivity index (χ2n) is 3.09. The van der Waals surface area contributed by atoms with Crippen molar-refractivity contribution in [3.05, 3.63) is 0 Å². The van der Waals surface area contributed by atoms with Gasteiger partial charge in [-0.2, -0.15) is 0 Å². The summed E-state index contributed by atoms with van der Waals surface area (Å²) in [5.74, 6) is 0.0709. The normalized spacial score (nSPS) is 13.5. The average molecular weight is 273 g/mol. The zero-order valence-corrected chi connectivity index (χ0v) is 9.62. The van der Waals surface area contributed by atoms with Gasteiger partial charge in [0.25, 0.3) is 0 Å². The molecule has 0 aromatic carbocycles. The molecule has 3 nitrogen and oxygen atoms in total. The lowest BCUT2D eigenvalue weighted by Crippen LogP contribution is -3.00. The van der Waals surface area contributed by atoms with Gasteiger partial charge in [-0.25, -0.2) is 4.79 Å². The highest BCUT2D eigenvalue weighted by molar-refractivity contribution is 5.65. The molecule has 68 valence electrons. The van der Waals surface area contributed by atoms with Crippen molar-refractivity contribution < 1.29 is 38.4 Å². The van der Waals surface area contributed by atoms with Crippen molar-refractivity contribution in [1.29, 1.82) is 0 Å². The number of hydrogen-bond acceptors (Lipinski definition) is 2. The van der Waals surface area contributed by atoms with E-state index in [9.17, 15) is 4.79 Å². The number of halogens is 1. The maximum Gasteiger partial charge on any atom is 0.310 e. The number of aliphatic hydroxyl groups excluding tert-OH is 1. The molecule has 4 heteroatoms. The van der Waals surface area contributed by atoms with E-state index in [-0.39, 0.29) is 47.0 Å². The van der Waals surface area contributed by atoms with Crippen molar-refractivity contribution in [3.63, 3.8) is 0 Å². The minimum absolute atomic E-state index is 0. The molecule has 0 rings (SSSR count). The van der Waals surface area contributed by atoms with Crippen LogP contribution in [0.25, 0.3) is 0 Å². The van der Waals surface area contributed by atoms with Gasteiger partial charge in [0.15, 0.2) is 0 Å². The van der Waals surface area contributed by atoms with E-state index < -0.39 is 0 Å². The minimum Gasteiger partial charge on any atom is -1.00 e. The predicted octanol–water partition coefficient (Wildman–Crippen LogP) is -3.01. The number of hydrogen-bond donors (Lipinski definition) is 1. The lowest BCUT2D eigenvalue weighted by atomic mass is 10.2. The molecule has 1 atom stereocenters. The molecular weight excluding hydrogens is 257 g/mol. The van der Waals surface area contributed by atoms with Crippen LogP contribution in [-0.2, 0) is 4.79 Å². The molecule has 0 aromatic rings. The summed E-state index contributed by atoms with van der Waals surface area (Å²) in [5.41, 5.74) is 0. The first-order valence-corrected chi connectivity index (χ1v) is 3.38. The van der Waals surface area contributed by atoms with E-state index in [2.05, 4.69) is 0 Å². The third kappa shape index (κ3) is 3.48. The molecule has 0 heterocycles. The largest absolute Gasteiger partial charge is 1.00 e. The number of aliphatic hydroxyl groups is 1. The molecular formula is C7H16INO2. The molecule has 1 N–H and O–H groups in total. The van der Waals surface area contributed by atoms with Crippen LogP contribution < -0.4 is 24.0 Å². The van der Waals surface area contributed by atoms with Crippen LogP contribution in [0.4, 0.5) is 0 Å². The Hall–Kier alpha value is 0.320. The van der Waals surface area contributed by atoms with Gasteiger partial charge in [0.1, 0.15) is 6.04 Å². The van der Waals surface area contributed by atoms with Crippen LogP contribution in [0.1, 0.15) is 13.8 Å². The number of carbonyl (C=O) groups is 1. The van der Waals surface area contributed by atoms with Gasteiger partial charge in [-0.3, -0.25) is 4.48 Å². The van der Waals surface area contributed by atoms with Crippen molar-refractivity contribution >= 4 is 5.91 Å². The molecule has 0 spiro atoms. The van der Waals surface area contributed by atoms with Crippen molar-refractivity contribution in [3.8, 4) is 0 Å². The van der Waals surface area contributed by atoms with Crippen LogP contribution in [0.2, 0.25) is 0 Å². The van der Waals surface area contributed by atoms with Gasteiger partial charge >= 0.3 is 5.91 Å². The van der Waals surface area contributed by atoms with Crippen LogP contribution in [-0.4, -0.2) is 42.2 Å². The number of rotatable bonds is 2. The van der Waals surface area contributed by atoms with E-state index in [1.54, 1.807) is 14.1 Å². The number of amides is 1. The number of quaternary nitrogens is 1. The standard InChI is InChI=1S/C7H16NO2.HI/c1-6(5-9)8(3,4)7(2)10;/h6,9H,5H2,1-4H3;1H/q+1;/p-1. The van der Waals surface area contributed by atoms with Crippen LogP contribution in [0, 0.1) is 0 Å². The second kappa shape index (κ2) is 5.05. The monoisotopic (exact) mass is 273 g/mol. The van der Waals surface area contributed by atoms with Gasteiger partial charge in [-0.05, 0) is 6.92 Å². The highest BCUT2D eigenvalue weighted by Crippen LogP contribution is 2.05. The fourth-order valence-corrected chi connectivity index (χ4v) is 0.514. The van der Waals surface area contributed by atoms with E-state index in [1.807, 2.05) is 6.92 Å². The molecule has 0 bridgehead atoms. The maximum absolute atomic E-state index is 10.9. The smallest absolute Gasteiger partial charge is 0.310 e. The van der Waals surface area contributed by atoms with E-state index >= 15 is 0 Å². The van der Waals surface area contributed by atoms with Crippen molar-refractivity contribution in [2.45, 2.75) is 19.9 Å². The fourth-order valence-electron chi connectivity index (χ4n) is 0.514. The summed E-state index contributed by atoms with van der Waals surface area (Å²) in [6.45, 7) is 3.43. The second-order valence-corrected chi connectivity index (χ2v) is 3.09. The van der Waals surface area contributed by atoms with Crippen molar-refractivity contribution in [2.24, 2.45) is 0 Å². The van der Waals surface area contributed by atoms with Crippen LogP contribution in [0.15, 0.2) is 0 Å². The topological polar surface area (TPSA) is 37.3 Å². The van der Waals surface area contributed by atoms with Gasteiger partial charge < -0.3 is 29.1 Å². The Morgan fingerprint density at radius 2 is 1.91 bits per heavy atom. The number of likely N-dealkylation sites (N-methyl/N-ethyl adjacent to an activating group) is 1. The third-order valence-electron chi connectivity index (χ3n) is 2.18. The summed E-state index contributed by atoms with van der Waals surface area (Å²) in [6.07, 6.45) is 0. The quantitative estimate of drug-likeness (QED) is 0.430. The Balaban J connectivity index is 0. The highest BCUT2D eigenvalue weighted by Gasteiger charge is 2.28. The fraction of sp³-hybridized carbons (Fsp3) is 0.857. The third-order valence-corrected chi connectivity index (χ3v) is 2.18. The van der Waals surface area contributed by atoms with E-state index in [1.165, 1.54) is 6.92 Å². The number of nitrogens with zero attached hydrogens (tertiary/aromatic N) is 1. The summed E-state index contributed by atoms with van der Waals surface area (Å²) < 4.78 is 0.247. The maximum atomic E-state index is 10.9. The lowest BCUT2D eigenvalue weighted by molar-refractivity contribution is -0.838. The molecule has 11 heavy (non-hydrogen) atoms. The summed E-state index contributed by atoms with van der Waals surface area (Å²) >= 11 is 0. The van der Waals surface area contributed by atoms with E-state index in [4.69, 9.17) is 5.11 Å². The Labute approximate surface area is 85.0 Å². The average Bonchev–Trinajstić information content (AvgIpc) is 1.86. The first kappa shape index (κ1) is 13.9. The van der Waals surface area contributed by atoms with Crippen LogP contribution in [0.3, 0.4) is 0 Å². The van der Waals surface area contributed by atoms with Crippen molar-refractivity contribution in [1.82, 2.24) is 0 Å². The zero-order valence-electron chi connectivity index (χ0n) is 7.47. The molecule has 0 aromatic heterocycles.